The minimum atomic E-state index is 0.572. The van der Waals surface area contributed by atoms with E-state index < -0.39 is 0 Å². The molecule has 1 aromatic carbocycles. The zero-order valence-corrected chi connectivity index (χ0v) is 12.1. The minimum Gasteiger partial charge on any atom is -0.261 e. The summed E-state index contributed by atoms with van der Waals surface area (Å²) in [7, 11) is 0. The van der Waals surface area contributed by atoms with Crippen molar-refractivity contribution < 1.29 is 0 Å². The van der Waals surface area contributed by atoms with Crippen LogP contribution in [0.25, 0.3) is 27.1 Å². The van der Waals surface area contributed by atoms with Gasteiger partial charge in [0.05, 0.1) is 6.20 Å². The molecule has 0 atom stereocenters. The summed E-state index contributed by atoms with van der Waals surface area (Å²) in [6.07, 6.45) is 4.86. The van der Waals surface area contributed by atoms with Gasteiger partial charge in [-0.05, 0) is 12.1 Å². The molecule has 0 radical (unpaired) electrons. The van der Waals surface area contributed by atoms with Crippen molar-refractivity contribution in [1.82, 2.24) is 29.8 Å². The Balaban J connectivity index is 1.87. The second-order valence-corrected chi connectivity index (χ2v) is 5.62. The van der Waals surface area contributed by atoms with E-state index in [4.69, 9.17) is 11.6 Å². The van der Waals surface area contributed by atoms with E-state index >= 15 is 0 Å². The van der Waals surface area contributed by atoms with Crippen molar-refractivity contribution in [3.8, 4) is 22.1 Å². The zero-order chi connectivity index (χ0) is 14.2. The maximum Gasteiger partial charge on any atom is 0.235 e. The molecule has 3 heterocycles. The van der Waals surface area contributed by atoms with Crippen LogP contribution in [0.2, 0.25) is 5.02 Å². The maximum absolute atomic E-state index is 6.02. The molecule has 0 bridgehead atoms. The lowest BCUT2D eigenvalue weighted by Crippen LogP contribution is -1.93. The number of halogens is 1. The number of rotatable bonds is 2. The average Bonchev–Trinajstić information content (AvgIpc) is 3.08. The van der Waals surface area contributed by atoms with Crippen LogP contribution < -0.4 is 0 Å². The molecule has 0 spiro atoms. The Labute approximate surface area is 128 Å². The fraction of sp³-hybridized carbons (Fsp3) is 0. The Morgan fingerprint density at radius 1 is 1.14 bits per heavy atom. The van der Waals surface area contributed by atoms with Crippen molar-refractivity contribution >= 4 is 27.9 Å². The largest absolute Gasteiger partial charge is 0.261 e. The van der Waals surface area contributed by atoms with Crippen LogP contribution >= 0.6 is 22.9 Å². The summed E-state index contributed by atoms with van der Waals surface area (Å²) in [6.45, 7) is 0. The summed E-state index contributed by atoms with van der Waals surface area (Å²) in [6, 6.07) is 7.55. The standard InChI is InChI=1S/C13H7ClN6S/c14-9-3-1-2-8(6-9)12-19-20-11(17-18-13(20)21-12)10-7-15-4-5-16-10/h1-7H. The van der Waals surface area contributed by atoms with Crippen molar-refractivity contribution in [3.63, 3.8) is 0 Å². The SMILES string of the molecule is Clc1cccc(-c2nn3c(-c4cnccn4)nnc3s2)c1. The predicted octanol–water partition coefficient (Wildman–Crippen LogP) is 2.96. The number of nitrogens with zero attached hydrogens (tertiary/aromatic N) is 6. The van der Waals surface area contributed by atoms with Crippen LogP contribution in [0.1, 0.15) is 0 Å². The first-order chi connectivity index (χ1) is 10.3. The Hall–Kier alpha value is -2.38. The first-order valence-electron chi connectivity index (χ1n) is 6.06. The van der Waals surface area contributed by atoms with Gasteiger partial charge >= 0.3 is 0 Å². The Morgan fingerprint density at radius 2 is 2.10 bits per heavy atom. The Kier molecular flexibility index (Phi) is 2.87. The summed E-state index contributed by atoms with van der Waals surface area (Å²) < 4.78 is 1.67. The fourth-order valence-electron chi connectivity index (χ4n) is 1.93. The molecule has 0 saturated carbocycles. The van der Waals surface area contributed by atoms with Crippen molar-refractivity contribution in [3.05, 3.63) is 47.9 Å². The van der Waals surface area contributed by atoms with E-state index in [1.165, 1.54) is 11.3 Å². The lowest BCUT2D eigenvalue weighted by molar-refractivity contribution is 0.957. The third kappa shape index (κ3) is 2.16. The van der Waals surface area contributed by atoms with Gasteiger partial charge in [-0.2, -0.15) is 9.61 Å². The maximum atomic E-state index is 6.02. The summed E-state index contributed by atoms with van der Waals surface area (Å²) >= 11 is 7.46. The zero-order valence-electron chi connectivity index (χ0n) is 10.5. The summed E-state index contributed by atoms with van der Waals surface area (Å²) in [5, 5.41) is 14.3. The van der Waals surface area contributed by atoms with Crippen LogP contribution in [0.5, 0.6) is 0 Å². The molecule has 21 heavy (non-hydrogen) atoms. The van der Waals surface area contributed by atoms with Gasteiger partial charge in [-0.15, -0.1) is 10.2 Å². The average molecular weight is 315 g/mol. The fourth-order valence-corrected chi connectivity index (χ4v) is 2.96. The third-order valence-corrected chi connectivity index (χ3v) is 4.04. The highest BCUT2D eigenvalue weighted by atomic mass is 35.5. The molecule has 102 valence electrons. The molecule has 0 aliphatic rings. The molecule has 0 aliphatic heterocycles. The van der Waals surface area contributed by atoms with E-state index in [0.29, 0.717) is 21.5 Å². The van der Waals surface area contributed by atoms with Crippen LogP contribution in [-0.2, 0) is 0 Å². The van der Waals surface area contributed by atoms with Gasteiger partial charge in [-0.25, -0.2) is 4.98 Å². The highest BCUT2D eigenvalue weighted by Gasteiger charge is 2.15. The smallest absolute Gasteiger partial charge is 0.235 e. The van der Waals surface area contributed by atoms with Gasteiger partial charge in [-0.1, -0.05) is 35.1 Å². The molecule has 6 nitrogen and oxygen atoms in total. The van der Waals surface area contributed by atoms with Crippen molar-refractivity contribution in [1.29, 1.82) is 0 Å². The van der Waals surface area contributed by atoms with E-state index in [2.05, 4.69) is 25.3 Å². The molecule has 0 N–H and O–H groups in total. The van der Waals surface area contributed by atoms with Gasteiger partial charge < -0.3 is 0 Å². The van der Waals surface area contributed by atoms with Gasteiger partial charge in [0, 0.05) is 23.0 Å². The number of fused-ring (bicyclic) bond motifs is 1. The van der Waals surface area contributed by atoms with Crippen molar-refractivity contribution in [2.45, 2.75) is 0 Å². The molecule has 4 aromatic rings. The van der Waals surface area contributed by atoms with Crippen molar-refractivity contribution in [2.75, 3.05) is 0 Å². The molecule has 8 heteroatoms. The van der Waals surface area contributed by atoms with Gasteiger partial charge in [0.2, 0.25) is 10.8 Å². The van der Waals surface area contributed by atoms with E-state index in [0.717, 1.165) is 10.6 Å². The van der Waals surface area contributed by atoms with Crippen LogP contribution in [0, 0.1) is 0 Å². The number of benzene rings is 1. The van der Waals surface area contributed by atoms with E-state index in [9.17, 15) is 0 Å². The van der Waals surface area contributed by atoms with Crippen LogP contribution in [0.4, 0.5) is 0 Å². The molecule has 0 amide bonds. The van der Waals surface area contributed by atoms with Crippen LogP contribution in [0.3, 0.4) is 0 Å². The first-order valence-corrected chi connectivity index (χ1v) is 7.25. The molecule has 0 aliphatic carbocycles. The summed E-state index contributed by atoms with van der Waals surface area (Å²) in [5.74, 6) is 0.572. The van der Waals surface area contributed by atoms with Crippen LogP contribution in [0.15, 0.2) is 42.9 Å². The van der Waals surface area contributed by atoms with Gasteiger partial charge in [0.1, 0.15) is 10.7 Å². The quantitative estimate of drug-likeness (QED) is 0.569. The Morgan fingerprint density at radius 3 is 2.90 bits per heavy atom. The molecule has 4 rings (SSSR count). The topological polar surface area (TPSA) is 68.9 Å². The van der Waals surface area contributed by atoms with E-state index in [-0.39, 0.29) is 0 Å². The molecular formula is C13H7ClN6S. The predicted molar refractivity (Wildman–Crippen MR) is 80.1 cm³/mol. The Bertz CT molecular complexity index is 917. The van der Waals surface area contributed by atoms with Crippen LogP contribution in [-0.4, -0.2) is 29.8 Å². The highest BCUT2D eigenvalue weighted by Crippen LogP contribution is 2.28. The number of hydrogen-bond donors (Lipinski definition) is 0. The summed E-state index contributed by atoms with van der Waals surface area (Å²) in [4.78, 5) is 8.96. The van der Waals surface area contributed by atoms with Gasteiger partial charge in [-0.3, -0.25) is 4.98 Å². The first kappa shape index (κ1) is 12.4. The van der Waals surface area contributed by atoms with E-state index in [1.807, 2.05) is 24.3 Å². The van der Waals surface area contributed by atoms with Gasteiger partial charge in [0.25, 0.3) is 0 Å². The molecule has 3 aromatic heterocycles. The number of aromatic nitrogens is 6. The molecule has 0 unspecified atom stereocenters. The van der Waals surface area contributed by atoms with Gasteiger partial charge in [0.15, 0.2) is 0 Å². The molecule has 0 saturated heterocycles. The second-order valence-electron chi connectivity index (χ2n) is 4.23. The molecule has 0 fully saturated rings. The minimum absolute atomic E-state index is 0.572. The third-order valence-electron chi connectivity index (χ3n) is 2.85. The monoisotopic (exact) mass is 314 g/mol. The lowest BCUT2D eigenvalue weighted by Gasteiger charge is -1.96. The lowest BCUT2D eigenvalue weighted by atomic mass is 10.2. The normalized spacial score (nSPS) is 11.1. The summed E-state index contributed by atoms with van der Waals surface area (Å²) in [5.41, 5.74) is 1.58. The molecular weight excluding hydrogens is 308 g/mol. The van der Waals surface area contributed by atoms with E-state index in [1.54, 1.807) is 23.1 Å². The second kappa shape index (κ2) is 4.87. The number of hydrogen-bond acceptors (Lipinski definition) is 6. The highest BCUT2D eigenvalue weighted by molar-refractivity contribution is 7.19. The van der Waals surface area contributed by atoms with Crippen molar-refractivity contribution in [2.24, 2.45) is 0 Å².